The quantitative estimate of drug-likeness (QED) is 0.719. The van der Waals surface area contributed by atoms with E-state index in [0.29, 0.717) is 0 Å². The first-order chi connectivity index (χ1) is 6.57. The summed E-state index contributed by atoms with van der Waals surface area (Å²) in [6.45, 7) is -0.159. The van der Waals surface area contributed by atoms with Crippen LogP contribution in [0.3, 0.4) is 0 Å². The average Bonchev–Trinajstić information content (AvgIpc) is 2.13. The Morgan fingerprint density at radius 3 is 2.71 bits per heavy atom. The van der Waals surface area contributed by atoms with Gasteiger partial charge >= 0.3 is 0 Å². The van der Waals surface area contributed by atoms with Crippen molar-refractivity contribution in [2.45, 2.75) is 0 Å². The van der Waals surface area contributed by atoms with E-state index in [0.717, 1.165) is 12.1 Å². The van der Waals surface area contributed by atoms with E-state index in [2.05, 4.69) is 5.32 Å². The van der Waals surface area contributed by atoms with E-state index in [4.69, 9.17) is 5.11 Å². The third-order valence-corrected chi connectivity index (χ3v) is 1.69. The van der Waals surface area contributed by atoms with Gasteiger partial charge in [0.15, 0.2) is 17.4 Å². The number of carbonyl (C=O) groups is 1. The second kappa shape index (κ2) is 4.15. The predicted octanol–water partition coefficient (Wildman–Crippen LogP) is 1.07. The highest BCUT2D eigenvalue weighted by Gasteiger charge is 2.19. The Morgan fingerprint density at radius 2 is 2.14 bits per heavy atom. The number of aromatic hydroxyl groups is 1. The highest BCUT2D eigenvalue weighted by molar-refractivity contribution is 6.00. The number of hydrogen-bond donors (Lipinski definition) is 2. The van der Waals surface area contributed by atoms with Crippen LogP contribution in [0.15, 0.2) is 12.1 Å². The number of rotatable bonds is 3. The maximum absolute atomic E-state index is 13.1. The molecule has 0 aliphatic heterocycles. The maximum atomic E-state index is 13.1. The van der Waals surface area contributed by atoms with Crippen LogP contribution in [0.2, 0.25) is 0 Å². The van der Waals surface area contributed by atoms with Gasteiger partial charge in [-0.15, -0.1) is 0 Å². The van der Waals surface area contributed by atoms with Gasteiger partial charge in [-0.05, 0) is 19.2 Å². The van der Waals surface area contributed by atoms with Crippen molar-refractivity contribution in [3.05, 3.63) is 29.3 Å². The second-order valence-electron chi connectivity index (χ2n) is 2.71. The summed E-state index contributed by atoms with van der Waals surface area (Å²) in [5.74, 6) is -3.71. The van der Waals surface area contributed by atoms with Gasteiger partial charge in [-0.1, -0.05) is 0 Å². The molecule has 0 atom stereocenters. The SMILES string of the molecule is CNCC(=O)c1c(O)ccc(F)c1F. The zero-order valence-corrected chi connectivity index (χ0v) is 7.47. The Kier molecular flexibility index (Phi) is 3.14. The molecule has 0 unspecified atom stereocenters. The summed E-state index contributed by atoms with van der Waals surface area (Å²) >= 11 is 0. The molecule has 0 bridgehead atoms. The minimum absolute atomic E-state index is 0.159. The van der Waals surface area contributed by atoms with Gasteiger partial charge < -0.3 is 10.4 Å². The van der Waals surface area contributed by atoms with Gasteiger partial charge in [0.05, 0.1) is 12.1 Å². The Labute approximate surface area is 79.4 Å². The van der Waals surface area contributed by atoms with Crippen molar-refractivity contribution in [2.75, 3.05) is 13.6 Å². The first-order valence-electron chi connectivity index (χ1n) is 3.92. The molecule has 0 aliphatic rings. The Hall–Kier alpha value is -1.49. The van der Waals surface area contributed by atoms with E-state index in [9.17, 15) is 13.6 Å². The average molecular weight is 201 g/mol. The summed E-state index contributed by atoms with van der Waals surface area (Å²) in [4.78, 5) is 11.2. The summed E-state index contributed by atoms with van der Waals surface area (Å²) < 4.78 is 25.8. The van der Waals surface area contributed by atoms with E-state index in [1.165, 1.54) is 7.05 Å². The summed E-state index contributed by atoms with van der Waals surface area (Å²) in [6, 6.07) is 1.71. The zero-order valence-electron chi connectivity index (χ0n) is 7.47. The predicted molar refractivity (Wildman–Crippen MR) is 46.3 cm³/mol. The van der Waals surface area contributed by atoms with Crippen molar-refractivity contribution >= 4 is 5.78 Å². The number of ketones is 1. The molecule has 0 fully saturated rings. The molecule has 1 aromatic rings. The van der Waals surface area contributed by atoms with Gasteiger partial charge in [-0.2, -0.15) is 0 Å². The molecular weight excluding hydrogens is 192 g/mol. The monoisotopic (exact) mass is 201 g/mol. The number of phenolic OH excluding ortho intramolecular Hbond substituents is 1. The van der Waals surface area contributed by atoms with E-state index in [1.807, 2.05) is 0 Å². The van der Waals surface area contributed by atoms with Crippen molar-refractivity contribution < 1.29 is 18.7 Å². The molecule has 0 saturated carbocycles. The molecule has 3 nitrogen and oxygen atoms in total. The third kappa shape index (κ3) is 1.88. The normalized spacial score (nSPS) is 10.2. The van der Waals surface area contributed by atoms with E-state index < -0.39 is 28.7 Å². The topological polar surface area (TPSA) is 49.3 Å². The van der Waals surface area contributed by atoms with E-state index in [-0.39, 0.29) is 6.54 Å². The highest BCUT2D eigenvalue weighted by atomic mass is 19.2. The molecule has 1 aromatic carbocycles. The molecule has 0 aromatic heterocycles. The summed E-state index contributed by atoms with van der Waals surface area (Å²) in [6.07, 6.45) is 0. The van der Waals surface area contributed by atoms with Crippen LogP contribution in [0, 0.1) is 11.6 Å². The van der Waals surface area contributed by atoms with Crippen LogP contribution >= 0.6 is 0 Å². The largest absolute Gasteiger partial charge is 0.507 e. The molecule has 0 heterocycles. The fourth-order valence-corrected chi connectivity index (χ4v) is 1.05. The van der Waals surface area contributed by atoms with Crippen LogP contribution in [0.1, 0.15) is 10.4 Å². The molecule has 5 heteroatoms. The first-order valence-corrected chi connectivity index (χ1v) is 3.92. The molecule has 14 heavy (non-hydrogen) atoms. The number of halogens is 2. The number of benzene rings is 1. The fourth-order valence-electron chi connectivity index (χ4n) is 1.05. The fraction of sp³-hybridized carbons (Fsp3) is 0.222. The molecule has 76 valence electrons. The van der Waals surface area contributed by atoms with Crippen LogP contribution in [-0.2, 0) is 0 Å². The van der Waals surface area contributed by atoms with E-state index in [1.54, 1.807) is 0 Å². The standard InChI is InChI=1S/C9H9F2NO2/c1-12-4-7(14)8-6(13)3-2-5(10)9(8)11/h2-3,12-13H,4H2,1H3. The molecule has 2 N–H and O–H groups in total. The first kappa shape index (κ1) is 10.6. The number of carbonyl (C=O) groups excluding carboxylic acids is 1. The lowest BCUT2D eigenvalue weighted by molar-refractivity contribution is 0.0986. The lowest BCUT2D eigenvalue weighted by Crippen LogP contribution is -2.20. The maximum Gasteiger partial charge on any atom is 0.183 e. The number of Topliss-reactive ketones (excluding diaryl/α,β-unsaturated/α-hetero) is 1. The lowest BCUT2D eigenvalue weighted by atomic mass is 10.1. The van der Waals surface area contributed by atoms with Gasteiger partial charge in [-0.3, -0.25) is 4.79 Å². The van der Waals surface area contributed by atoms with Crippen LogP contribution < -0.4 is 5.32 Å². The third-order valence-electron chi connectivity index (χ3n) is 1.69. The summed E-state index contributed by atoms with van der Waals surface area (Å²) in [5.41, 5.74) is -0.612. The smallest absolute Gasteiger partial charge is 0.183 e. The Balaban J connectivity index is 3.18. The van der Waals surface area contributed by atoms with Gasteiger partial charge in [-0.25, -0.2) is 8.78 Å². The highest BCUT2D eigenvalue weighted by Crippen LogP contribution is 2.22. The molecule has 0 aliphatic carbocycles. The number of nitrogens with one attached hydrogen (secondary N) is 1. The summed E-state index contributed by atoms with van der Waals surface area (Å²) in [7, 11) is 1.49. The van der Waals surface area contributed by atoms with Gasteiger partial charge in [0.25, 0.3) is 0 Å². The van der Waals surface area contributed by atoms with Crippen molar-refractivity contribution in [2.24, 2.45) is 0 Å². The van der Waals surface area contributed by atoms with Gasteiger partial charge in [0, 0.05) is 0 Å². The van der Waals surface area contributed by atoms with Crippen LogP contribution in [-0.4, -0.2) is 24.5 Å². The Bertz CT molecular complexity index is 366. The van der Waals surface area contributed by atoms with Crippen molar-refractivity contribution in [1.29, 1.82) is 0 Å². The molecule has 0 saturated heterocycles. The van der Waals surface area contributed by atoms with Gasteiger partial charge in [0.1, 0.15) is 5.75 Å². The van der Waals surface area contributed by atoms with Gasteiger partial charge in [0.2, 0.25) is 0 Å². The molecule has 1 rings (SSSR count). The minimum atomic E-state index is -1.31. The van der Waals surface area contributed by atoms with Crippen LogP contribution in [0.4, 0.5) is 8.78 Å². The number of hydrogen-bond acceptors (Lipinski definition) is 3. The molecular formula is C9H9F2NO2. The van der Waals surface area contributed by atoms with Crippen molar-refractivity contribution in [1.82, 2.24) is 5.32 Å². The van der Waals surface area contributed by atoms with E-state index >= 15 is 0 Å². The number of likely N-dealkylation sites (N-methyl/N-ethyl adjacent to an activating group) is 1. The van der Waals surface area contributed by atoms with Crippen molar-refractivity contribution in [3.63, 3.8) is 0 Å². The number of phenols is 1. The minimum Gasteiger partial charge on any atom is -0.507 e. The summed E-state index contributed by atoms with van der Waals surface area (Å²) in [5, 5.41) is 11.6. The molecule has 0 amide bonds. The molecule has 0 spiro atoms. The van der Waals surface area contributed by atoms with Crippen molar-refractivity contribution in [3.8, 4) is 5.75 Å². The van der Waals surface area contributed by atoms with Crippen LogP contribution in [0.5, 0.6) is 5.75 Å². The molecule has 0 radical (unpaired) electrons. The Morgan fingerprint density at radius 1 is 1.50 bits per heavy atom. The second-order valence-corrected chi connectivity index (χ2v) is 2.71. The lowest BCUT2D eigenvalue weighted by Gasteiger charge is -2.04. The van der Waals surface area contributed by atoms with Crippen LogP contribution in [0.25, 0.3) is 0 Å². The zero-order chi connectivity index (χ0) is 10.7.